The first kappa shape index (κ1) is 17.8. The van der Waals surface area contributed by atoms with Gasteiger partial charge in [-0.05, 0) is 37.3 Å². The average molecular weight is 338 g/mol. The molecule has 0 unspecified atom stereocenters. The largest absolute Gasteiger partial charge is 0.341 e. The molecular weight excluding hydrogens is 312 g/mol. The lowest BCUT2D eigenvalue weighted by molar-refractivity contribution is -0.133. The van der Waals surface area contributed by atoms with Crippen molar-refractivity contribution in [3.8, 4) is 0 Å². The maximum atomic E-state index is 12.9. The van der Waals surface area contributed by atoms with Gasteiger partial charge < -0.3 is 4.90 Å². The van der Waals surface area contributed by atoms with Crippen LogP contribution in [0.15, 0.2) is 30.3 Å². The smallest absolute Gasteiger partial charge is 0.246 e. The van der Waals surface area contributed by atoms with Gasteiger partial charge in [0.25, 0.3) is 0 Å². The third-order valence-corrected chi connectivity index (χ3v) is 5.60. The van der Waals surface area contributed by atoms with E-state index in [4.69, 9.17) is 0 Å². The third kappa shape index (κ3) is 4.25. The van der Waals surface area contributed by atoms with E-state index in [0.717, 1.165) is 19.1 Å². The van der Waals surface area contributed by atoms with E-state index < -0.39 is 16.1 Å². The maximum Gasteiger partial charge on any atom is 0.246 e. The molecule has 6 heteroatoms. The van der Waals surface area contributed by atoms with Crippen LogP contribution in [0.2, 0.25) is 0 Å². The maximum absolute atomic E-state index is 12.9. The van der Waals surface area contributed by atoms with E-state index in [1.807, 2.05) is 17.9 Å². The quantitative estimate of drug-likeness (QED) is 0.829. The zero-order chi connectivity index (χ0) is 17.0. The first-order chi connectivity index (χ1) is 10.8. The minimum absolute atomic E-state index is 0.0892. The van der Waals surface area contributed by atoms with Crippen LogP contribution in [0.3, 0.4) is 0 Å². The fourth-order valence-electron chi connectivity index (χ4n) is 3.06. The number of nitrogens with zero attached hydrogens (tertiary/aromatic N) is 2. The predicted octanol–water partition coefficient (Wildman–Crippen LogP) is 2.49. The van der Waals surface area contributed by atoms with Crippen LogP contribution in [0, 0.1) is 5.92 Å². The number of piperidine rings is 1. The summed E-state index contributed by atoms with van der Waals surface area (Å²) in [6.45, 7) is 5.47. The summed E-state index contributed by atoms with van der Waals surface area (Å²) in [6, 6.07) is 8.19. The Balaban J connectivity index is 2.30. The Morgan fingerprint density at radius 3 is 2.30 bits per heavy atom. The Morgan fingerprint density at radius 2 is 1.83 bits per heavy atom. The van der Waals surface area contributed by atoms with Gasteiger partial charge >= 0.3 is 0 Å². The minimum Gasteiger partial charge on any atom is -0.341 e. The first-order valence-corrected chi connectivity index (χ1v) is 10.0. The molecular formula is C17H26N2O3S. The highest BCUT2D eigenvalue weighted by molar-refractivity contribution is 7.92. The molecule has 1 saturated heterocycles. The molecule has 128 valence electrons. The number of likely N-dealkylation sites (tertiary alicyclic amines) is 1. The number of benzene rings is 1. The van der Waals surface area contributed by atoms with Crippen molar-refractivity contribution in [1.82, 2.24) is 4.90 Å². The van der Waals surface area contributed by atoms with Gasteiger partial charge in [-0.3, -0.25) is 9.10 Å². The van der Waals surface area contributed by atoms with E-state index in [1.165, 1.54) is 4.31 Å². The number of anilines is 1. The lowest BCUT2D eigenvalue weighted by Gasteiger charge is -2.37. The van der Waals surface area contributed by atoms with Crippen LogP contribution in [0.5, 0.6) is 0 Å². The van der Waals surface area contributed by atoms with E-state index >= 15 is 0 Å². The van der Waals surface area contributed by atoms with E-state index in [-0.39, 0.29) is 5.91 Å². The number of hydrogen-bond acceptors (Lipinski definition) is 3. The molecule has 5 nitrogen and oxygen atoms in total. The second-order valence-corrected chi connectivity index (χ2v) is 8.19. The molecule has 1 aliphatic rings. The molecule has 1 amide bonds. The lowest BCUT2D eigenvalue weighted by Crippen LogP contribution is -2.52. The van der Waals surface area contributed by atoms with Gasteiger partial charge in [0.05, 0.1) is 11.9 Å². The number of carbonyl (C=O) groups excluding carboxylic acids is 1. The number of amides is 1. The van der Waals surface area contributed by atoms with Gasteiger partial charge in [-0.2, -0.15) is 0 Å². The van der Waals surface area contributed by atoms with Gasteiger partial charge in [-0.1, -0.05) is 32.0 Å². The zero-order valence-electron chi connectivity index (χ0n) is 14.1. The van der Waals surface area contributed by atoms with Crippen molar-refractivity contribution in [2.24, 2.45) is 5.92 Å². The summed E-state index contributed by atoms with van der Waals surface area (Å²) in [4.78, 5) is 14.7. The van der Waals surface area contributed by atoms with Crippen molar-refractivity contribution in [2.45, 2.75) is 39.2 Å². The SMILES string of the molecule is CC[C@@H](C(=O)N1CCC(C)CC1)N(c1ccccc1)S(C)(=O)=O. The van der Waals surface area contributed by atoms with E-state index in [0.29, 0.717) is 31.1 Å². The third-order valence-electron chi connectivity index (χ3n) is 4.42. The molecule has 23 heavy (non-hydrogen) atoms. The summed E-state index contributed by atoms with van der Waals surface area (Å²) >= 11 is 0. The Hall–Kier alpha value is -1.56. The van der Waals surface area contributed by atoms with Gasteiger partial charge in [0.15, 0.2) is 0 Å². The van der Waals surface area contributed by atoms with Crippen molar-refractivity contribution in [2.75, 3.05) is 23.7 Å². The molecule has 1 fully saturated rings. The highest BCUT2D eigenvalue weighted by Crippen LogP contribution is 2.25. The molecule has 0 saturated carbocycles. The van der Waals surface area contributed by atoms with E-state index in [1.54, 1.807) is 24.3 Å². The molecule has 0 aromatic heterocycles. The molecule has 2 rings (SSSR count). The van der Waals surface area contributed by atoms with Crippen LogP contribution in [0.25, 0.3) is 0 Å². The molecule has 0 aliphatic carbocycles. The number of sulfonamides is 1. The lowest BCUT2D eigenvalue weighted by atomic mass is 9.98. The van der Waals surface area contributed by atoms with Gasteiger partial charge in [-0.15, -0.1) is 0 Å². The molecule has 1 heterocycles. The van der Waals surface area contributed by atoms with Crippen LogP contribution in [0.4, 0.5) is 5.69 Å². The van der Waals surface area contributed by atoms with Crippen molar-refractivity contribution in [1.29, 1.82) is 0 Å². The molecule has 0 radical (unpaired) electrons. The highest BCUT2D eigenvalue weighted by Gasteiger charge is 2.34. The Kier molecular flexibility index (Phi) is 5.68. The summed E-state index contributed by atoms with van der Waals surface area (Å²) in [5.74, 6) is 0.535. The van der Waals surface area contributed by atoms with Gasteiger partial charge in [0.1, 0.15) is 6.04 Å². The van der Waals surface area contributed by atoms with Gasteiger partial charge in [0.2, 0.25) is 15.9 Å². The molecule has 0 spiro atoms. The molecule has 1 atom stereocenters. The number of rotatable bonds is 5. The standard InChI is InChI=1S/C17H26N2O3S/c1-4-16(17(20)18-12-10-14(2)11-13-18)19(23(3,21)22)15-8-6-5-7-9-15/h5-9,14,16H,4,10-13H2,1-3H3/t16-/m0/s1. The first-order valence-electron chi connectivity index (χ1n) is 8.17. The van der Waals surface area contributed by atoms with Crippen LogP contribution in [-0.4, -0.2) is 44.6 Å². The molecule has 0 bridgehead atoms. The fourth-order valence-corrected chi connectivity index (χ4v) is 4.26. The molecule has 0 N–H and O–H groups in total. The monoisotopic (exact) mass is 338 g/mol. The van der Waals surface area contributed by atoms with Crippen LogP contribution < -0.4 is 4.31 Å². The van der Waals surface area contributed by atoms with Crippen molar-refractivity contribution in [3.63, 3.8) is 0 Å². The summed E-state index contributed by atoms with van der Waals surface area (Å²) in [5.41, 5.74) is 0.542. The van der Waals surface area contributed by atoms with Crippen LogP contribution in [0.1, 0.15) is 33.1 Å². The Morgan fingerprint density at radius 1 is 1.26 bits per heavy atom. The average Bonchev–Trinajstić information content (AvgIpc) is 2.52. The molecule has 1 aromatic rings. The fraction of sp³-hybridized carbons (Fsp3) is 0.588. The second kappa shape index (κ2) is 7.34. The predicted molar refractivity (Wildman–Crippen MR) is 92.8 cm³/mol. The number of hydrogen-bond donors (Lipinski definition) is 0. The van der Waals surface area contributed by atoms with Crippen molar-refractivity contribution >= 4 is 21.6 Å². The summed E-state index contributed by atoms with van der Waals surface area (Å²) in [6.07, 6.45) is 3.57. The molecule has 1 aromatic carbocycles. The van der Waals surface area contributed by atoms with E-state index in [9.17, 15) is 13.2 Å². The van der Waals surface area contributed by atoms with Gasteiger partial charge in [0, 0.05) is 13.1 Å². The van der Waals surface area contributed by atoms with Gasteiger partial charge in [-0.25, -0.2) is 8.42 Å². The number of para-hydroxylation sites is 1. The minimum atomic E-state index is -3.54. The van der Waals surface area contributed by atoms with Crippen molar-refractivity contribution < 1.29 is 13.2 Å². The Labute approximate surface area is 139 Å². The normalized spacial score (nSPS) is 17.8. The van der Waals surface area contributed by atoms with Crippen LogP contribution >= 0.6 is 0 Å². The number of carbonyl (C=O) groups is 1. The van der Waals surface area contributed by atoms with Crippen LogP contribution in [-0.2, 0) is 14.8 Å². The Bertz CT molecular complexity index is 622. The van der Waals surface area contributed by atoms with E-state index in [2.05, 4.69) is 6.92 Å². The zero-order valence-corrected chi connectivity index (χ0v) is 14.9. The summed E-state index contributed by atoms with van der Waals surface area (Å²) in [5, 5.41) is 0. The van der Waals surface area contributed by atoms with Crippen molar-refractivity contribution in [3.05, 3.63) is 30.3 Å². The second-order valence-electron chi connectivity index (χ2n) is 6.33. The summed E-state index contributed by atoms with van der Waals surface area (Å²) < 4.78 is 25.9. The highest BCUT2D eigenvalue weighted by atomic mass is 32.2. The summed E-state index contributed by atoms with van der Waals surface area (Å²) in [7, 11) is -3.54. The topological polar surface area (TPSA) is 57.7 Å². The molecule has 1 aliphatic heterocycles.